The van der Waals surface area contributed by atoms with E-state index in [-0.39, 0.29) is 5.91 Å². The van der Waals surface area contributed by atoms with E-state index in [1.54, 1.807) is 26.6 Å². The van der Waals surface area contributed by atoms with Gasteiger partial charge in [0, 0.05) is 60.5 Å². The molecule has 0 unspecified atom stereocenters. The summed E-state index contributed by atoms with van der Waals surface area (Å²) < 4.78 is 16.9. The molecule has 2 heterocycles. The van der Waals surface area contributed by atoms with Crippen molar-refractivity contribution in [3.8, 4) is 22.6 Å². The van der Waals surface area contributed by atoms with Gasteiger partial charge in [0.25, 0.3) is 0 Å². The molecule has 0 atom stereocenters. The van der Waals surface area contributed by atoms with Crippen LogP contribution in [0.5, 0.6) is 11.5 Å². The van der Waals surface area contributed by atoms with Crippen molar-refractivity contribution in [2.75, 3.05) is 45.3 Å². The number of anilines is 1. The first-order valence-corrected chi connectivity index (χ1v) is 12.1. The van der Waals surface area contributed by atoms with Gasteiger partial charge in [0.15, 0.2) is 0 Å². The number of piperazine rings is 1. The summed E-state index contributed by atoms with van der Waals surface area (Å²) in [6.07, 6.45) is 3.46. The minimum atomic E-state index is 0.0163. The molecule has 1 aliphatic heterocycles. The number of amides is 1. The third kappa shape index (κ3) is 4.67. The highest BCUT2D eigenvalue weighted by Gasteiger charge is 2.21. The first kappa shape index (κ1) is 23.5. The normalized spacial score (nSPS) is 14.2. The smallest absolute Gasteiger partial charge is 0.246 e. The Morgan fingerprint density at radius 3 is 2.42 bits per heavy atom. The topological polar surface area (TPSA) is 55.2 Å². The zero-order valence-corrected chi connectivity index (χ0v) is 20.9. The van der Waals surface area contributed by atoms with E-state index < -0.39 is 0 Å². The summed E-state index contributed by atoms with van der Waals surface area (Å²) in [5.74, 6) is 1.47. The molecule has 0 N–H and O–H groups in total. The van der Waals surface area contributed by atoms with Crippen LogP contribution >= 0.6 is 0 Å². The van der Waals surface area contributed by atoms with Crippen LogP contribution in [0.25, 0.3) is 27.7 Å². The summed E-state index contributed by atoms with van der Waals surface area (Å²) in [6, 6.07) is 22.1. The molecule has 5 rings (SSSR count). The highest BCUT2D eigenvalue weighted by molar-refractivity contribution is 6.00. The number of benzene rings is 3. The molecule has 0 spiro atoms. The molecule has 1 aromatic heterocycles. The number of para-hydroxylation sites is 1. The standard InChI is InChI=1S/C30H30N2O4/c1-21(16-30(33)32-14-12-31(13-15-32)23-9-5-4-6-10-23)25-18-26-27(20-36-29(26)19-28(25)35-3)22-8-7-11-24(17-22)34-2/h4-11,16-20H,12-15H2,1-3H3/b21-16+. The maximum Gasteiger partial charge on any atom is 0.246 e. The van der Waals surface area contributed by atoms with E-state index in [2.05, 4.69) is 17.0 Å². The van der Waals surface area contributed by atoms with Crippen LogP contribution < -0.4 is 14.4 Å². The van der Waals surface area contributed by atoms with Gasteiger partial charge >= 0.3 is 0 Å². The minimum Gasteiger partial charge on any atom is -0.497 e. The highest BCUT2D eigenvalue weighted by Crippen LogP contribution is 2.38. The van der Waals surface area contributed by atoms with E-state index in [0.29, 0.717) is 18.8 Å². The van der Waals surface area contributed by atoms with Crippen molar-refractivity contribution < 1.29 is 18.7 Å². The maximum atomic E-state index is 13.2. The van der Waals surface area contributed by atoms with E-state index in [4.69, 9.17) is 13.9 Å². The molecule has 1 aliphatic rings. The Kier molecular flexibility index (Phi) is 6.67. The molecule has 36 heavy (non-hydrogen) atoms. The minimum absolute atomic E-state index is 0.0163. The van der Waals surface area contributed by atoms with Crippen LogP contribution in [0.3, 0.4) is 0 Å². The number of fused-ring (bicyclic) bond motifs is 1. The van der Waals surface area contributed by atoms with Gasteiger partial charge in [-0.15, -0.1) is 0 Å². The van der Waals surface area contributed by atoms with Gasteiger partial charge in [-0.05, 0) is 48.4 Å². The number of rotatable bonds is 6. The van der Waals surface area contributed by atoms with Crippen LogP contribution in [-0.4, -0.2) is 51.2 Å². The monoisotopic (exact) mass is 482 g/mol. The third-order valence-electron chi connectivity index (χ3n) is 6.75. The molecule has 6 heteroatoms. The molecule has 6 nitrogen and oxygen atoms in total. The average molecular weight is 483 g/mol. The van der Waals surface area contributed by atoms with Crippen LogP contribution in [0.2, 0.25) is 0 Å². The van der Waals surface area contributed by atoms with Crippen molar-refractivity contribution in [3.05, 3.63) is 84.6 Å². The van der Waals surface area contributed by atoms with Gasteiger partial charge in [0.1, 0.15) is 17.1 Å². The number of methoxy groups -OCH3 is 2. The Morgan fingerprint density at radius 1 is 0.917 bits per heavy atom. The van der Waals surface area contributed by atoms with Crippen LogP contribution in [0, 0.1) is 0 Å². The fourth-order valence-corrected chi connectivity index (χ4v) is 4.72. The Morgan fingerprint density at radius 2 is 1.69 bits per heavy atom. The average Bonchev–Trinajstić information content (AvgIpc) is 3.35. The van der Waals surface area contributed by atoms with Gasteiger partial charge in [0.05, 0.1) is 20.5 Å². The summed E-state index contributed by atoms with van der Waals surface area (Å²) in [4.78, 5) is 17.4. The fourth-order valence-electron chi connectivity index (χ4n) is 4.72. The Bertz CT molecular complexity index is 1400. The predicted octanol–water partition coefficient (Wildman–Crippen LogP) is 5.87. The van der Waals surface area contributed by atoms with Gasteiger partial charge in [-0.1, -0.05) is 30.3 Å². The van der Waals surface area contributed by atoms with Gasteiger partial charge in [-0.2, -0.15) is 0 Å². The van der Waals surface area contributed by atoms with E-state index in [9.17, 15) is 4.79 Å². The van der Waals surface area contributed by atoms with Gasteiger partial charge in [-0.3, -0.25) is 4.79 Å². The first-order chi connectivity index (χ1) is 17.6. The van der Waals surface area contributed by atoms with Crippen LogP contribution in [0.1, 0.15) is 12.5 Å². The summed E-state index contributed by atoms with van der Waals surface area (Å²) in [5.41, 5.74) is 5.60. The van der Waals surface area contributed by atoms with Gasteiger partial charge in [0.2, 0.25) is 5.91 Å². The van der Waals surface area contributed by atoms with E-state index in [1.165, 1.54) is 5.69 Å². The number of allylic oxidation sites excluding steroid dienone is 1. The molecule has 1 fully saturated rings. The second kappa shape index (κ2) is 10.2. The lowest BCUT2D eigenvalue weighted by atomic mass is 9.99. The van der Waals surface area contributed by atoms with Crippen molar-refractivity contribution in [1.29, 1.82) is 0 Å². The molecule has 0 radical (unpaired) electrons. The number of carbonyl (C=O) groups is 1. The van der Waals surface area contributed by atoms with Crippen LogP contribution in [-0.2, 0) is 4.79 Å². The molecule has 1 amide bonds. The van der Waals surface area contributed by atoms with E-state index in [1.807, 2.05) is 66.4 Å². The number of ether oxygens (including phenoxy) is 2. The summed E-state index contributed by atoms with van der Waals surface area (Å²) in [6.45, 7) is 4.96. The second-order valence-corrected chi connectivity index (χ2v) is 8.91. The van der Waals surface area contributed by atoms with Crippen LogP contribution in [0.15, 0.2) is 83.5 Å². The van der Waals surface area contributed by atoms with E-state index in [0.717, 1.165) is 52.1 Å². The van der Waals surface area contributed by atoms with Crippen molar-refractivity contribution in [2.24, 2.45) is 0 Å². The number of hydrogen-bond acceptors (Lipinski definition) is 5. The number of nitrogens with zero attached hydrogens (tertiary/aromatic N) is 2. The molecule has 0 aliphatic carbocycles. The number of carbonyl (C=O) groups excluding carboxylic acids is 1. The van der Waals surface area contributed by atoms with E-state index >= 15 is 0 Å². The van der Waals surface area contributed by atoms with Crippen molar-refractivity contribution in [2.45, 2.75) is 6.92 Å². The molecule has 1 saturated heterocycles. The zero-order valence-electron chi connectivity index (χ0n) is 20.9. The lowest BCUT2D eigenvalue weighted by molar-refractivity contribution is -0.126. The fraction of sp³-hybridized carbons (Fsp3) is 0.233. The Labute approximate surface area is 211 Å². The van der Waals surface area contributed by atoms with Gasteiger partial charge in [-0.25, -0.2) is 0 Å². The summed E-state index contributed by atoms with van der Waals surface area (Å²) in [5, 5.41) is 0.954. The maximum absolute atomic E-state index is 13.2. The third-order valence-corrected chi connectivity index (χ3v) is 6.75. The molecular weight excluding hydrogens is 452 g/mol. The molecular formula is C30H30N2O4. The predicted molar refractivity (Wildman–Crippen MR) is 144 cm³/mol. The summed E-state index contributed by atoms with van der Waals surface area (Å²) in [7, 11) is 3.29. The van der Waals surface area contributed by atoms with Crippen LogP contribution in [0.4, 0.5) is 5.69 Å². The highest BCUT2D eigenvalue weighted by atomic mass is 16.5. The van der Waals surface area contributed by atoms with Crippen molar-refractivity contribution >= 4 is 28.1 Å². The Hall–Kier alpha value is -4.19. The van der Waals surface area contributed by atoms with Crippen molar-refractivity contribution in [3.63, 3.8) is 0 Å². The number of furan rings is 1. The Balaban J connectivity index is 1.39. The van der Waals surface area contributed by atoms with Crippen molar-refractivity contribution in [1.82, 2.24) is 4.90 Å². The second-order valence-electron chi connectivity index (χ2n) is 8.91. The summed E-state index contributed by atoms with van der Waals surface area (Å²) >= 11 is 0. The molecule has 184 valence electrons. The number of hydrogen-bond donors (Lipinski definition) is 0. The lowest BCUT2D eigenvalue weighted by Crippen LogP contribution is -2.48. The molecule has 0 bridgehead atoms. The largest absolute Gasteiger partial charge is 0.497 e. The molecule has 0 saturated carbocycles. The van der Waals surface area contributed by atoms with Gasteiger partial charge < -0.3 is 23.7 Å². The lowest BCUT2D eigenvalue weighted by Gasteiger charge is -2.35. The SMILES string of the molecule is COc1cccc(-c2coc3cc(OC)c(/C(C)=C/C(=O)N4CCN(c5ccccc5)CC4)cc23)c1. The molecule has 4 aromatic rings. The zero-order chi connectivity index (χ0) is 25.1. The first-order valence-electron chi connectivity index (χ1n) is 12.1. The quantitative estimate of drug-likeness (QED) is 0.322. The molecule has 3 aromatic carbocycles.